The number of amides is 1. The third-order valence-corrected chi connectivity index (χ3v) is 5.24. The molecule has 0 bridgehead atoms. The van der Waals surface area contributed by atoms with Crippen molar-refractivity contribution in [3.05, 3.63) is 72.3 Å². The largest absolute Gasteiger partial charge is 0.351 e. The van der Waals surface area contributed by atoms with Gasteiger partial charge < -0.3 is 5.32 Å². The van der Waals surface area contributed by atoms with Crippen LogP contribution in [0.5, 0.6) is 0 Å². The number of hydrogen-bond donors (Lipinski definition) is 2. The lowest BCUT2D eigenvalue weighted by atomic mass is 10.1. The number of rotatable bonds is 8. The summed E-state index contributed by atoms with van der Waals surface area (Å²) in [5.74, 6) is 1.39. The van der Waals surface area contributed by atoms with E-state index >= 15 is 0 Å². The van der Waals surface area contributed by atoms with Crippen molar-refractivity contribution in [2.45, 2.75) is 0 Å². The van der Waals surface area contributed by atoms with Crippen molar-refractivity contribution in [2.24, 2.45) is 5.10 Å². The number of fused-ring (bicyclic) bond motifs is 1. The highest BCUT2D eigenvalue weighted by molar-refractivity contribution is 7.84. The lowest BCUT2D eigenvalue weighted by Crippen LogP contribution is -2.27. The molecule has 3 heterocycles. The van der Waals surface area contributed by atoms with Crippen LogP contribution in [-0.2, 0) is 10.8 Å². The van der Waals surface area contributed by atoms with Gasteiger partial charge in [-0.3, -0.25) is 14.4 Å². The van der Waals surface area contributed by atoms with E-state index in [2.05, 4.69) is 35.9 Å². The number of carbonyl (C=O) groups excluding carboxylic acids is 1. The minimum absolute atomic E-state index is 0.203. The van der Waals surface area contributed by atoms with Gasteiger partial charge in [-0.05, 0) is 29.8 Å². The first-order valence-electron chi connectivity index (χ1n) is 9.69. The van der Waals surface area contributed by atoms with E-state index in [-0.39, 0.29) is 5.91 Å². The molecule has 0 spiro atoms. The predicted octanol–water partition coefficient (Wildman–Crippen LogP) is 1.76. The molecule has 3 aromatic heterocycles. The molecule has 0 aliphatic carbocycles. The minimum Gasteiger partial charge on any atom is -0.351 e. The molecule has 0 saturated heterocycles. The first kappa shape index (κ1) is 21.2. The summed E-state index contributed by atoms with van der Waals surface area (Å²) >= 11 is 0. The first-order chi connectivity index (χ1) is 15.6. The van der Waals surface area contributed by atoms with Crippen LogP contribution in [0.3, 0.4) is 0 Å². The summed E-state index contributed by atoms with van der Waals surface area (Å²) in [5.41, 5.74) is 4.85. The molecule has 11 heteroatoms. The van der Waals surface area contributed by atoms with Crippen molar-refractivity contribution in [3.8, 4) is 5.82 Å². The summed E-state index contributed by atoms with van der Waals surface area (Å²) in [6.45, 7) is 0.374. The molecule has 32 heavy (non-hydrogen) atoms. The van der Waals surface area contributed by atoms with Gasteiger partial charge >= 0.3 is 0 Å². The molecule has 0 radical (unpaired) electrons. The third kappa shape index (κ3) is 5.01. The maximum atomic E-state index is 12.1. The van der Waals surface area contributed by atoms with Gasteiger partial charge in [0.2, 0.25) is 0 Å². The number of hydrazone groups is 1. The van der Waals surface area contributed by atoms with Crippen LogP contribution in [0.4, 0.5) is 5.82 Å². The van der Waals surface area contributed by atoms with Gasteiger partial charge in [-0.1, -0.05) is 18.2 Å². The molecule has 1 unspecified atom stereocenters. The van der Waals surface area contributed by atoms with Gasteiger partial charge in [-0.2, -0.15) is 14.9 Å². The fourth-order valence-corrected chi connectivity index (χ4v) is 3.27. The Bertz CT molecular complexity index is 1270. The van der Waals surface area contributed by atoms with Gasteiger partial charge in [0.25, 0.3) is 5.91 Å². The van der Waals surface area contributed by atoms with Crippen molar-refractivity contribution < 1.29 is 9.00 Å². The van der Waals surface area contributed by atoms with Gasteiger partial charge in [-0.25, -0.2) is 15.0 Å². The molecule has 0 saturated carbocycles. The molecule has 1 atom stereocenters. The smallest absolute Gasteiger partial charge is 0.251 e. The zero-order chi connectivity index (χ0) is 22.3. The van der Waals surface area contributed by atoms with Crippen molar-refractivity contribution in [2.75, 3.05) is 24.0 Å². The third-order valence-electron chi connectivity index (χ3n) is 4.46. The Hall–Kier alpha value is -3.99. The average Bonchev–Trinajstić information content (AvgIpc) is 3.25. The SMILES string of the molecule is CS(=O)CCNC(=O)c1ccc(/C=N/Nc2ncnc3c2cnn3-c2ccccn2)cc1. The Labute approximate surface area is 186 Å². The van der Waals surface area contributed by atoms with E-state index in [0.717, 1.165) is 5.56 Å². The Morgan fingerprint density at radius 1 is 1.16 bits per heavy atom. The fraction of sp³-hybridized carbons (Fsp3) is 0.143. The summed E-state index contributed by atoms with van der Waals surface area (Å²) < 4.78 is 12.7. The molecule has 4 aromatic rings. The molecule has 1 aromatic carbocycles. The van der Waals surface area contributed by atoms with Crippen molar-refractivity contribution in [1.82, 2.24) is 30.0 Å². The standard InChI is InChI=1S/C21H20N8O2S/c1-32(31)11-10-23-21(30)16-7-5-15(6-8-16)12-26-28-19-17-13-27-29(20(17)25-14-24-19)18-4-2-3-9-22-18/h2-9,12-14H,10-11H2,1H3,(H,23,30)(H,24,25,28)/b26-12+. The van der Waals surface area contributed by atoms with E-state index in [1.165, 1.54) is 6.33 Å². The lowest BCUT2D eigenvalue weighted by Gasteiger charge is -2.04. The van der Waals surface area contributed by atoms with Crippen LogP contribution in [0.15, 0.2) is 66.3 Å². The molecule has 2 N–H and O–H groups in total. The second-order valence-corrected chi connectivity index (χ2v) is 8.28. The molecular formula is C21H20N8O2S. The molecule has 0 aliphatic heterocycles. The number of aromatic nitrogens is 5. The summed E-state index contributed by atoms with van der Waals surface area (Å²) in [4.78, 5) is 24.9. The van der Waals surface area contributed by atoms with Crippen LogP contribution >= 0.6 is 0 Å². The van der Waals surface area contributed by atoms with E-state index in [1.807, 2.05) is 18.2 Å². The molecule has 1 amide bonds. The Kier molecular flexibility index (Phi) is 6.56. The lowest BCUT2D eigenvalue weighted by molar-refractivity contribution is 0.0956. The van der Waals surface area contributed by atoms with E-state index < -0.39 is 10.8 Å². The number of hydrogen-bond acceptors (Lipinski definition) is 8. The van der Waals surface area contributed by atoms with Gasteiger partial charge in [0, 0.05) is 41.1 Å². The number of carbonyl (C=O) groups is 1. The topological polar surface area (TPSA) is 127 Å². The summed E-state index contributed by atoms with van der Waals surface area (Å²) in [5, 5.41) is 12.0. The van der Waals surface area contributed by atoms with Gasteiger partial charge in [0.1, 0.15) is 6.33 Å². The normalized spacial score (nSPS) is 12.2. The van der Waals surface area contributed by atoms with E-state index in [1.54, 1.807) is 53.8 Å². The first-order valence-corrected chi connectivity index (χ1v) is 11.4. The van der Waals surface area contributed by atoms with Gasteiger partial charge in [-0.15, -0.1) is 0 Å². The van der Waals surface area contributed by atoms with Crippen LogP contribution in [0.25, 0.3) is 16.9 Å². The average molecular weight is 449 g/mol. The Morgan fingerprint density at radius 2 is 2.00 bits per heavy atom. The van der Waals surface area contributed by atoms with Crippen molar-refractivity contribution in [1.29, 1.82) is 0 Å². The monoisotopic (exact) mass is 448 g/mol. The number of anilines is 1. The molecule has 162 valence electrons. The Balaban J connectivity index is 1.42. The van der Waals surface area contributed by atoms with Gasteiger partial charge in [0.15, 0.2) is 17.3 Å². The minimum atomic E-state index is -0.936. The maximum Gasteiger partial charge on any atom is 0.251 e. The van der Waals surface area contributed by atoms with E-state index in [9.17, 15) is 9.00 Å². The van der Waals surface area contributed by atoms with Crippen LogP contribution in [0.2, 0.25) is 0 Å². The molecular weight excluding hydrogens is 428 g/mol. The summed E-state index contributed by atoms with van der Waals surface area (Å²) in [6.07, 6.45) is 8.01. The van der Waals surface area contributed by atoms with E-state index in [0.29, 0.717) is 40.5 Å². The fourth-order valence-electron chi connectivity index (χ4n) is 2.88. The van der Waals surface area contributed by atoms with Crippen molar-refractivity contribution >= 4 is 39.8 Å². The molecule has 10 nitrogen and oxygen atoms in total. The maximum absolute atomic E-state index is 12.1. The second kappa shape index (κ2) is 9.88. The summed E-state index contributed by atoms with van der Waals surface area (Å²) in [7, 11) is -0.936. The number of benzene rings is 1. The Morgan fingerprint density at radius 3 is 2.75 bits per heavy atom. The number of nitrogens with zero attached hydrogens (tertiary/aromatic N) is 6. The molecule has 0 aliphatic rings. The summed E-state index contributed by atoms with van der Waals surface area (Å²) in [6, 6.07) is 12.5. The van der Waals surface area contributed by atoms with Crippen LogP contribution in [-0.4, -0.2) is 59.6 Å². The van der Waals surface area contributed by atoms with Crippen LogP contribution < -0.4 is 10.7 Å². The van der Waals surface area contributed by atoms with Crippen molar-refractivity contribution in [3.63, 3.8) is 0 Å². The quantitative estimate of drug-likeness (QED) is 0.311. The highest BCUT2D eigenvalue weighted by atomic mass is 32.2. The van der Waals surface area contributed by atoms with E-state index in [4.69, 9.17) is 0 Å². The zero-order valence-electron chi connectivity index (χ0n) is 17.2. The van der Waals surface area contributed by atoms with Crippen LogP contribution in [0.1, 0.15) is 15.9 Å². The highest BCUT2D eigenvalue weighted by Crippen LogP contribution is 2.20. The second-order valence-electron chi connectivity index (χ2n) is 6.73. The van der Waals surface area contributed by atoms with Crippen LogP contribution in [0, 0.1) is 0 Å². The zero-order valence-corrected chi connectivity index (χ0v) is 18.0. The number of pyridine rings is 1. The molecule has 0 fully saturated rings. The highest BCUT2D eigenvalue weighted by Gasteiger charge is 2.11. The van der Waals surface area contributed by atoms with Gasteiger partial charge in [0.05, 0.1) is 17.8 Å². The number of nitrogens with one attached hydrogen (secondary N) is 2. The molecule has 4 rings (SSSR count). The predicted molar refractivity (Wildman–Crippen MR) is 123 cm³/mol.